The monoisotopic (exact) mass is 455 g/mol. The van der Waals surface area contributed by atoms with Crippen LogP contribution in [0.4, 0.5) is 4.39 Å². The molecule has 0 radical (unpaired) electrons. The Morgan fingerprint density at radius 1 is 1.12 bits per heavy atom. The molecule has 3 rings (SSSR count). The molecule has 0 aromatic heterocycles. The molecule has 2 aromatic carbocycles. The smallest absolute Gasteiger partial charge is 0.295 e. The number of unbranched alkanes of at least 4 members (excludes halogenated alkanes) is 2. The fourth-order valence-corrected chi connectivity index (χ4v) is 4.00. The van der Waals surface area contributed by atoms with E-state index >= 15 is 0 Å². The number of hydrogen-bond acceptors (Lipinski definition) is 5. The Balaban J connectivity index is 2.14. The van der Waals surface area contributed by atoms with Gasteiger partial charge in [0.1, 0.15) is 23.1 Å². The average Bonchev–Trinajstić information content (AvgIpc) is 3.04. The van der Waals surface area contributed by atoms with Crippen molar-refractivity contribution >= 4 is 17.4 Å². The van der Waals surface area contributed by atoms with Crippen molar-refractivity contribution in [3.63, 3.8) is 0 Å². The standard InChI is InChI=1S/C26H30FNO5/c1-5-6-7-14-28-23(17-8-11-19(12-9-17)33-16(2)3)22(25(30)26(28)31)24(29)20-15-18(27)10-13-21(20)32-4/h8-13,15-16,23,29H,5-7,14H2,1-4H3/b24-22+. The van der Waals surface area contributed by atoms with Crippen molar-refractivity contribution in [1.82, 2.24) is 4.90 Å². The summed E-state index contributed by atoms with van der Waals surface area (Å²) < 4.78 is 24.9. The van der Waals surface area contributed by atoms with E-state index in [1.165, 1.54) is 24.1 Å². The van der Waals surface area contributed by atoms with E-state index in [1.54, 1.807) is 24.3 Å². The first-order chi connectivity index (χ1) is 15.8. The number of carbonyl (C=O) groups excluding carboxylic acids is 2. The Hall–Kier alpha value is -3.35. The third-order valence-corrected chi connectivity index (χ3v) is 5.53. The van der Waals surface area contributed by atoms with Gasteiger partial charge in [0.15, 0.2) is 0 Å². The minimum Gasteiger partial charge on any atom is -0.507 e. The first-order valence-corrected chi connectivity index (χ1v) is 11.2. The lowest BCUT2D eigenvalue weighted by Gasteiger charge is -2.25. The number of methoxy groups -OCH3 is 1. The number of halogens is 1. The Bertz CT molecular complexity index is 1050. The van der Waals surface area contributed by atoms with Gasteiger partial charge in [-0.25, -0.2) is 4.39 Å². The second-order valence-electron chi connectivity index (χ2n) is 8.28. The van der Waals surface area contributed by atoms with Crippen molar-refractivity contribution in [3.05, 3.63) is 65.0 Å². The maximum atomic E-state index is 14.0. The predicted octanol–water partition coefficient (Wildman–Crippen LogP) is 5.23. The van der Waals surface area contributed by atoms with E-state index < -0.39 is 29.3 Å². The molecule has 0 aliphatic carbocycles. The molecule has 1 aliphatic heterocycles. The van der Waals surface area contributed by atoms with Crippen LogP contribution in [0, 0.1) is 5.82 Å². The largest absolute Gasteiger partial charge is 0.507 e. The molecular weight excluding hydrogens is 425 g/mol. The van der Waals surface area contributed by atoms with Gasteiger partial charge in [0.05, 0.1) is 30.4 Å². The lowest BCUT2D eigenvalue weighted by Crippen LogP contribution is -2.30. The van der Waals surface area contributed by atoms with E-state index in [0.717, 1.165) is 25.3 Å². The Kier molecular flexibility index (Phi) is 7.74. The van der Waals surface area contributed by atoms with Crippen LogP contribution < -0.4 is 9.47 Å². The van der Waals surface area contributed by atoms with Gasteiger partial charge in [0.2, 0.25) is 0 Å². The first-order valence-electron chi connectivity index (χ1n) is 11.2. The highest BCUT2D eigenvalue weighted by molar-refractivity contribution is 6.46. The van der Waals surface area contributed by atoms with E-state index in [2.05, 4.69) is 6.92 Å². The van der Waals surface area contributed by atoms with Crippen LogP contribution in [-0.2, 0) is 9.59 Å². The molecule has 2 aromatic rings. The van der Waals surface area contributed by atoms with Crippen LogP contribution >= 0.6 is 0 Å². The molecule has 176 valence electrons. The van der Waals surface area contributed by atoms with Crippen molar-refractivity contribution < 1.29 is 28.6 Å². The zero-order valence-electron chi connectivity index (χ0n) is 19.4. The Labute approximate surface area is 193 Å². The summed E-state index contributed by atoms with van der Waals surface area (Å²) in [5.74, 6) is -1.69. The van der Waals surface area contributed by atoms with Crippen LogP contribution in [-0.4, -0.2) is 41.5 Å². The first kappa shape index (κ1) is 24.3. The molecule has 0 saturated carbocycles. The molecule has 1 heterocycles. The van der Waals surface area contributed by atoms with Gasteiger partial charge in [-0.2, -0.15) is 0 Å². The number of benzene rings is 2. The number of amides is 1. The van der Waals surface area contributed by atoms with Crippen molar-refractivity contribution in [3.8, 4) is 11.5 Å². The summed E-state index contributed by atoms with van der Waals surface area (Å²) in [6.07, 6.45) is 2.57. The molecule has 1 atom stereocenters. The van der Waals surface area contributed by atoms with E-state index in [9.17, 15) is 19.1 Å². The summed E-state index contributed by atoms with van der Waals surface area (Å²) in [5, 5.41) is 11.1. The van der Waals surface area contributed by atoms with E-state index in [1.807, 2.05) is 13.8 Å². The van der Waals surface area contributed by atoms with E-state index in [0.29, 0.717) is 17.9 Å². The van der Waals surface area contributed by atoms with Gasteiger partial charge in [0.25, 0.3) is 11.7 Å². The number of Topliss-reactive ketones (excluding diaryl/α,β-unsaturated/α-hetero) is 1. The topological polar surface area (TPSA) is 76.1 Å². The highest BCUT2D eigenvalue weighted by atomic mass is 19.1. The molecule has 1 fully saturated rings. The average molecular weight is 456 g/mol. The summed E-state index contributed by atoms with van der Waals surface area (Å²) in [5.41, 5.74) is 0.588. The minimum absolute atomic E-state index is 0.00373. The van der Waals surface area contributed by atoms with Crippen molar-refractivity contribution in [2.24, 2.45) is 0 Å². The molecular formula is C26H30FNO5. The number of carbonyl (C=O) groups is 2. The van der Waals surface area contributed by atoms with Crippen LogP contribution in [0.5, 0.6) is 11.5 Å². The number of aliphatic hydroxyl groups excluding tert-OH is 1. The fourth-order valence-electron chi connectivity index (χ4n) is 4.00. The van der Waals surface area contributed by atoms with E-state index in [-0.39, 0.29) is 23.0 Å². The fraction of sp³-hybridized carbons (Fsp3) is 0.385. The summed E-state index contributed by atoms with van der Waals surface area (Å²) in [4.78, 5) is 27.5. The SMILES string of the molecule is CCCCCN1C(=O)C(=O)/C(=C(/O)c2cc(F)ccc2OC)C1c1ccc(OC(C)C)cc1. The zero-order valence-corrected chi connectivity index (χ0v) is 19.4. The molecule has 1 saturated heterocycles. The molecule has 7 heteroatoms. The maximum absolute atomic E-state index is 14.0. The number of ketones is 1. The molecule has 0 spiro atoms. The highest BCUT2D eigenvalue weighted by Crippen LogP contribution is 2.41. The number of ether oxygens (including phenoxy) is 2. The minimum atomic E-state index is -0.803. The van der Waals surface area contributed by atoms with Crippen LogP contribution in [0.2, 0.25) is 0 Å². The zero-order chi connectivity index (χ0) is 24.1. The van der Waals surface area contributed by atoms with Gasteiger partial charge in [-0.15, -0.1) is 0 Å². The normalized spacial score (nSPS) is 17.6. The second kappa shape index (κ2) is 10.5. The molecule has 6 nitrogen and oxygen atoms in total. The molecule has 1 aliphatic rings. The van der Waals surface area contributed by atoms with Crippen LogP contribution in [0.15, 0.2) is 48.0 Å². The van der Waals surface area contributed by atoms with Crippen LogP contribution in [0.1, 0.15) is 57.2 Å². The van der Waals surface area contributed by atoms with Gasteiger partial charge in [0, 0.05) is 6.54 Å². The van der Waals surface area contributed by atoms with Gasteiger partial charge in [-0.3, -0.25) is 9.59 Å². The lowest BCUT2D eigenvalue weighted by molar-refractivity contribution is -0.139. The molecule has 1 amide bonds. The van der Waals surface area contributed by atoms with Gasteiger partial charge >= 0.3 is 0 Å². The van der Waals surface area contributed by atoms with Gasteiger partial charge < -0.3 is 19.5 Å². The molecule has 1 unspecified atom stereocenters. The molecule has 1 N–H and O–H groups in total. The number of aliphatic hydroxyl groups is 1. The van der Waals surface area contributed by atoms with E-state index in [4.69, 9.17) is 9.47 Å². The van der Waals surface area contributed by atoms with Crippen LogP contribution in [0.25, 0.3) is 5.76 Å². The lowest BCUT2D eigenvalue weighted by atomic mass is 9.94. The highest BCUT2D eigenvalue weighted by Gasteiger charge is 2.46. The number of nitrogens with zero attached hydrogens (tertiary/aromatic N) is 1. The van der Waals surface area contributed by atoms with Gasteiger partial charge in [-0.1, -0.05) is 31.9 Å². The maximum Gasteiger partial charge on any atom is 0.295 e. The third-order valence-electron chi connectivity index (χ3n) is 5.53. The van der Waals surface area contributed by atoms with Crippen molar-refractivity contribution in [2.45, 2.75) is 52.2 Å². The predicted molar refractivity (Wildman–Crippen MR) is 124 cm³/mol. The number of rotatable bonds is 9. The summed E-state index contributed by atoms with van der Waals surface area (Å²) in [6.45, 7) is 6.26. The van der Waals surface area contributed by atoms with Crippen molar-refractivity contribution in [1.29, 1.82) is 0 Å². The molecule has 33 heavy (non-hydrogen) atoms. The molecule has 0 bridgehead atoms. The number of hydrogen-bond donors (Lipinski definition) is 1. The van der Waals surface area contributed by atoms with Crippen molar-refractivity contribution in [2.75, 3.05) is 13.7 Å². The second-order valence-corrected chi connectivity index (χ2v) is 8.28. The Morgan fingerprint density at radius 3 is 2.42 bits per heavy atom. The summed E-state index contributed by atoms with van der Waals surface area (Å²) >= 11 is 0. The quantitative estimate of drug-likeness (QED) is 0.242. The summed E-state index contributed by atoms with van der Waals surface area (Å²) in [7, 11) is 1.39. The third kappa shape index (κ3) is 5.18. The Morgan fingerprint density at radius 2 is 1.82 bits per heavy atom. The van der Waals surface area contributed by atoms with Gasteiger partial charge in [-0.05, 0) is 56.2 Å². The number of likely N-dealkylation sites (tertiary alicyclic amines) is 1. The summed E-state index contributed by atoms with van der Waals surface area (Å²) in [6, 6.07) is 9.94. The van der Waals surface area contributed by atoms with Crippen LogP contribution in [0.3, 0.4) is 0 Å².